The van der Waals surface area contributed by atoms with E-state index in [1.54, 1.807) is 6.33 Å². The molecule has 0 saturated heterocycles. The third-order valence-corrected chi connectivity index (χ3v) is 3.72. The van der Waals surface area contributed by atoms with Gasteiger partial charge in [-0.05, 0) is 25.3 Å². The van der Waals surface area contributed by atoms with Crippen molar-refractivity contribution < 1.29 is 4.79 Å². The number of benzene rings is 1. The molecule has 1 N–H and O–H groups in total. The third kappa shape index (κ3) is 3.35. The van der Waals surface area contributed by atoms with Gasteiger partial charge >= 0.3 is 0 Å². The molecule has 1 heterocycles. The molecule has 1 amide bonds. The minimum atomic E-state index is -0.0619. The number of carbonyl (C=O) groups excluding carboxylic acids is 1. The molecule has 6 heteroatoms. The van der Waals surface area contributed by atoms with Crippen LogP contribution in [0.4, 0.5) is 0 Å². The van der Waals surface area contributed by atoms with Gasteiger partial charge < -0.3 is 5.32 Å². The van der Waals surface area contributed by atoms with Crippen LogP contribution < -0.4 is 5.32 Å². The molecule has 1 aromatic heterocycles. The molecule has 2 rings (SSSR count). The van der Waals surface area contributed by atoms with Gasteiger partial charge in [0.25, 0.3) is 0 Å². The lowest BCUT2D eigenvalue weighted by Crippen LogP contribution is -2.31. The molecule has 5 nitrogen and oxygen atoms in total. The van der Waals surface area contributed by atoms with Crippen LogP contribution in [-0.2, 0) is 11.3 Å². The zero-order chi connectivity index (χ0) is 13.7. The van der Waals surface area contributed by atoms with Crippen molar-refractivity contribution in [2.75, 3.05) is 6.26 Å². The third-order valence-electron chi connectivity index (χ3n) is 2.80. The zero-order valence-corrected chi connectivity index (χ0v) is 11.7. The molecule has 0 unspecified atom stereocenters. The Morgan fingerprint density at radius 1 is 1.42 bits per heavy atom. The number of aromatic nitrogens is 3. The minimum Gasteiger partial charge on any atom is -0.348 e. The van der Waals surface area contributed by atoms with Crippen LogP contribution in [0.5, 0.6) is 0 Å². The van der Waals surface area contributed by atoms with Gasteiger partial charge in [-0.3, -0.25) is 9.36 Å². The molecule has 0 aliphatic rings. The van der Waals surface area contributed by atoms with Crippen LogP contribution in [0.25, 0.3) is 5.69 Å². The molecule has 0 fully saturated rings. The average molecular weight is 276 g/mol. The van der Waals surface area contributed by atoms with Crippen molar-refractivity contribution in [2.24, 2.45) is 0 Å². The summed E-state index contributed by atoms with van der Waals surface area (Å²) in [5.41, 5.74) is 0.981. The van der Waals surface area contributed by atoms with E-state index >= 15 is 0 Å². The molecule has 0 spiro atoms. The van der Waals surface area contributed by atoms with E-state index in [0.717, 1.165) is 5.69 Å². The van der Waals surface area contributed by atoms with Gasteiger partial charge in [-0.2, -0.15) is 11.8 Å². The van der Waals surface area contributed by atoms with Crippen LogP contribution in [-0.4, -0.2) is 32.2 Å². The van der Waals surface area contributed by atoms with Gasteiger partial charge in [-0.15, -0.1) is 10.2 Å². The number of hydrogen-bond donors (Lipinski definition) is 1. The van der Waals surface area contributed by atoms with Gasteiger partial charge in [-0.1, -0.05) is 18.2 Å². The van der Waals surface area contributed by atoms with Gasteiger partial charge in [-0.25, -0.2) is 0 Å². The Morgan fingerprint density at radius 2 is 2.16 bits per heavy atom. The van der Waals surface area contributed by atoms with Crippen LogP contribution in [0.2, 0.25) is 0 Å². The second kappa shape index (κ2) is 6.38. The highest BCUT2D eigenvalue weighted by Gasteiger charge is 2.12. The van der Waals surface area contributed by atoms with E-state index in [1.807, 2.05) is 48.1 Å². The largest absolute Gasteiger partial charge is 0.348 e. The second-order valence-corrected chi connectivity index (χ2v) is 5.23. The lowest BCUT2D eigenvalue weighted by molar-refractivity contribution is -0.120. The van der Waals surface area contributed by atoms with E-state index in [0.29, 0.717) is 12.4 Å². The summed E-state index contributed by atoms with van der Waals surface area (Å²) in [5.74, 6) is 0.725. The van der Waals surface area contributed by atoms with Gasteiger partial charge in [0.1, 0.15) is 6.33 Å². The highest BCUT2D eigenvalue weighted by atomic mass is 32.2. The molecule has 1 aromatic carbocycles. The quantitative estimate of drug-likeness (QED) is 0.902. The van der Waals surface area contributed by atoms with Gasteiger partial charge in [0.15, 0.2) is 5.82 Å². The number of para-hydroxylation sites is 1. The van der Waals surface area contributed by atoms with Crippen molar-refractivity contribution in [3.63, 3.8) is 0 Å². The number of nitrogens with zero attached hydrogens (tertiary/aromatic N) is 3. The summed E-state index contributed by atoms with van der Waals surface area (Å²) in [6, 6.07) is 9.80. The van der Waals surface area contributed by atoms with E-state index in [4.69, 9.17) is 0 Å². The van der Waals surface area contributed by atoms with E-state index < -0.39 is 0 Å². The Bertz CT molecular complexity index is 541. The summed E-state index contributed by atoms with van der Waals surface area (Å²) in [4.78, 5) is 11.7. The molecule has 0 aliphatic carbocycles. The first kappa shape index (κ1) is 13.6. The van der Waals surface area contributed by atoms with Crippen LogP contribution in [0.15, 0.2) is 36.7 Å². The van der Waals surface area contributed by atoms with Crippen molar-refractivity contribution in [3.05, 3.63) is 42.5 Å². The number of nitrogens with one attached hydrogen (secondary N) is 1. The normalized spacial score (nSPS) is 12.1. The van der Waals surface area contributed by atoms with E-state index in [1.165, 1.54) is 11.8 Å². The first-order valence-corrected chi connectivity index (χ1v) is 7.26. The second-order valence-electron chi connectivity index (χ2n) is 4.05. The predicted octanol–water partition coefficient (Wildman–Crippen LogP) is 1.63. The fourth-order valence-electron chi connectivity index (χ4n) is 1.60. The van der Waals surface area contributed by atoms with Crippen LogP contribution in [0.1, 0.15) is 12.7 Å². The Labute approximate surface area is 116 Å². The van der Waals surface area contributed by atoms with Crippen molar-refractivity contribution in [3.8, 4) is 5.69 Å². The Hall–Kier alpha value is -1.82. The highest BCUT2D eigenvalue weighted by molar-refractivity contribution is 7.99. The van der Waals surface area contributed by atoms with E-state index in [-0.39, 0.29) is 11.2 Å². The van der Waals surface area contributed by atoms with Crippen molar-refractivity contribution >= 4 is 17.7 Å². The molecule has 0 radical (unpaired) electrons. The number of carbonyl (C=O) groups is 1. The van der Waals surface area contributed by atoms with Crippen molar-refractivity contribution in [2.45, 2.75) is 18.7 Å². The first-order chi connectivity index (χ1) is 9.22. The fourth-order valence-corrected chi connectivity index (χ4v) is 1.90. The highest BCUT2D eigenvalue weighted by Crippen LogP contribution is 2.09. The Morgan fingerprint density at radius 3 is 2.84 bits per heavy atom. The fraction of sp³-hybridized carbons (Fsp3) is 0.308. The van der Waals surface area contributed by atoms with E-state index in [2.05, 4.69) is 15.5 Å². The monoisotopic (exact) mass is 276 g/mol. The topological polar surface area (TPSA) is 59.8 Å². The maximum absolute atomic E-state index is 11.7. The van der Waals surface area contributed by atoms with Crippen LogP contribution in [0, 0.1) is 0 Å². The predicted molar refractivity (Wildman–Crippen MR) is 76.2 cm³/mol. The number of thioether (sulfide) groups is 1. The summed E-state index contributed by atoms with van der Waals surface area (Å²) in [6.45, 7) is 2.25. The number of hydrogen-bond acceptors (Lipinski definition) is 4. The maximum atomic E-state index is 11.7. The van der Waals surface area contributed by atoms with Gasteiger partial charge in [0.2, 0.25) is 5.91 Å². The molecular weight excluding hydrogens is 260 g/mol. The standard InChI is InChI=1S/C13H16N4OS/c1-10(19-2)13(18)14-8-12-16-15-9-17(12)11-6-4-3-5-7-11/h3-7,9-10H,8H2,1-2H3,(H,14,18)/t10-/m1/s1. The van der Waals surface area contributed by atoms with Gasteiger partial charge in [0.05, 0.1) is 11.8 Å². The maximum Gasteiger partial charge on any atom is 0.233 e. The van der Waals surface area contributed by atoms with Crippen molar-refractivity contribution in [1.29, 1.82) is 0 Å². The molecular formula is C13H16N4OS. The summed E-state index contributed by atoms with van der Waals surface area (Å²) < 4.78 is 1.87. The van der Waals surface area contributed by atoms with Gasteiger partial charge in [0, 0.05) is 5.69 Å². The first-order valence-electron chi connectivity index (χ1n) is 5.97. The number of rotatable bonds is 5. The molecule has 0 bridgehead atoms. The molecule has 19 heavy (non-hydrogen) atoms. The van der Waals surface area contributed by atoms with E-state index in [9.17, 15) is 4.79 Å². The Balaban J connectivity index is 2.07. The number of amides is 1. The lowest BCUT2D eigenvalue weighted by atomic mass is 10.3. The summed E-state index contributed by atoms with van der Waals surface area (Å²) in [5, 5.41) is 10.7. The average Bonchev–Trinajstić information content (AvgIpc) is 2.93. The molecule has 0 saturated carbocycles. The molecule has 100 valence electrons. The zero-order valence-electron chi connectivity index (χ0n) is 10.9. The molecule has 2 aromatic rings. The smallest absolute Gasteiger partial charge is 0.233 e. The lowest BCUT2D eigenvalue weighted by Gasteiger charge is -2.10. The summed E-state index contributed by atoms with van der Waals surface area (Å²) >= 11 is 1.52. The Kier molecular flexibility index (Phi) is 4.57. The van der Waals surface area contributed by atoms with Crippen LogP contribution >= 0.6 is 11.8 Å². The molecule has 0 aliphatic heterocycles. The summed E-state index contributed by atoms with van der Waals surface area (Å²) in [7, 11) is 0. The minimum absolute atomic E-state index is 0.00936. The summed E-state index contributed by atoms with van der Waals surface area (Å²) in [6.07, 6.45) is 3.56. The molecule has 1 atom stereocenters. The SMILES string of the molecule is CS[C@H](C)C(=O)NCc1nncn1-c1ccccc1. The van der Waals surface area contributed by atoms with Crippen molar-refractivity contribution in [1.82, 2.24) is 20.1 Å². The van der Waals surface area contributed by atoms with Crippen LogP contribution in [0.3, 0.4) is 0 Å².